The van der Waals surface area contributed by atoms with Gasteiger partial charge in [-0.2, -0.15) is 0 Å². The maximum absolute atomic E-state index is 13.4. The summed E-state index contributed by atoms with van der Waals surface area (Å²) in [5, 5.41) is 2.95. The van der Waals surface area contributed by atoms with Gasteiger partial charge in [0.25, 0.3) is 11.8 Å². The third kappa shape index (κ3) is 6.42. The van der Waals surface area contributed by atoms with Crippen LogP contribution in [0.5, 0.6) is 0 Å². The van der Waals surface area contributed by atoms with Gasteiger partial charge in [-0.05, 0) is 48.1 Å². The third-order valence-corrected chi connectivity index (χ3v) is 5.34. The first-order valence-corrected chi connectivity index (χ1v) is 11.0. The van der Waals surface area contributed by atoms with Gasteiger partial charge in [-0.1, -0.05) is 62.7 Å². The van der Waals surface area contributed by atoms with Crippen LogP contribution < -0.4 is 10.9 Å². The molecule has 1 unspecified atom stereocenters. The minimum Gasteiger partial charge on any atom is -0.328 e. The second-order valence-electron chi connectivity index (χ2n) is 9.59. The first kappa shape index (κ1) is 24.0. The van der Waals surface area contributed by atoms with Crippen molar-refractivity contribution in [3.8, 4) is 0 Å². The number of hydrogen-bond acceptors (Lipinski definition) is 3. The van der Waals surface area contributed by atoms with E-state index in [0.717, 1.165) is 12.0 Å². The highest BCUT2D eigenvalue weighted by Crippen LogP contribution is 2.25. The Balaban J connectivity index is 1.86. The Morgan fingerprint density at radius 2 is 1.61 bits per heavy atom. The summed E-state index contributed by atoms with van der Waals surface area (Å²) < 4.78 is 0. The molecule has 0 spiro atoms. The number of H-pyrrole nitrogens is 1. The number of rotatable bonds is 6. The summed E-state index contributed by atoms with van der Waals surface area (Å²) in [7, 11) is 1.59. The smallest absolute Gasteiger partial charge is 0.256 e. The van der Waals surface area contributed by atoms with E-state index in [1.165, 1.54) is 28.8 Å². The zero-order valence-electron chi connectivity index (χ0n) is 19.8. The fraction of sp³-hybridized carbons (Fsp3) is 0.296. The number of nitrogens with one attached hydrogen (secondary N) is 2. The molecule has 2 N–H and O–H groups in total. The lowest BCUT2D eigenvalue weighted by Gasteiger charge is -2.28. The zero-order chi connectivity index (χ0) is 24.2. The van der Waals surface area contributed by atoms with Gasteiger partial charge in [-0.25, -0.2) is 0 Å². The van der Waals surface area contributed by atoms with E-state index in [1.807, 2.05) is 55.5 Å². The Morgan fingerprint density at radius 3 is 2.15 bits per heavy atom. The van der Waals surface area contributed by atoms with Crippen molar-refractivity contribution in [2.75, 3.05) is 12.4 Å². The molecular weight excluding hydrogens is 414 g/mol. The van der Waals surface area contributed by atoms with Gasteiger partial charge in [-0.15, -0.1) is 0 Å². The van der Waals surface area contributed by atoms with Crippen molar-refractivity contribution < 1.29 is 9.59 Å². The molecule has 1 aromatic heterocycles. The summed E-state index contributed by atoms with van der Waals surface area (Å²) in [6.07, 6.45) is 2.29. The van der Waals surface area contributed by atoms with E-state index in [2.05, 4.69) is 31.1 Å². The Morgan fingerprint density at radius 1 is 0.970 bits per heavy atom. The van der Waals surface area contributed by atoms with Crippen LogP contribution in [0.15, 0.2) is 71.7 Å². The van der Waals surface area contributed by atoms with Crippen molar-refractivity contribution in [2.45, 2.75) is 40.2 Å². The molecule has 3 rings (SSSR count). The van der Waals surface area contributed by atoms with Gasteiger partial charge >= 0.3 is 0 Å². The molecule has 0 saturated heterocycles. The molecule has 1 atom stereocenters. The van der Waals surface area contributed by atoms with Gasteiger partial charge in [0.2, 0.25) is 5.56 Å². The molecule has 2 aromatic carbocycles. The Hall–Kier alpha value is -3.67. The van der Waals surface area contributed by atoms with Crippen LogP contribution in [-0.2, 0) is 11.2 Å². The van der Waals surface area contributed by atoms with Crippen LogP contribution in [0.4, 0.5) is 5.69 Å². The van der Waals surface area contributed by atoms with Gasteiger partial charge < -0.3 is 15.2 Å². The zero-order valence-corrected chi connectivity index (χ0v) is 19.8. The first-order valence-electron chi connectivity index (χ1n) is 11.0. The average molecular weight is 446 g/mol. The van der Waals surface area contributed by atoms with E-state index in [1.54, 1.807) is 7.05 Å². The van der Waals surface area contributed by atoms with E-state index in [9.17, 15) is 14.4 Å². The van der Waals surface area contributed by atoms with Gasteiger partial charge in [-0.3, -0.25) is 14.4 Å². The molecule has 6 heteroatoms. The molecule has 0 saturated carbocycles. The standard InChI is InChI=1S/C27H31N3O3/c1-18-6-10-20(11-7-18)24(30(5)26(33)21-12-15-23(31)28-17-21)25(32)29-22-13-8-19(9-14-22)16-27(2,3)4/h6-15,17,24H,16H2,1-5H3,(H,28,31)(H,29,32). The van der Waals surface area contributed by atoms with Crippen LogP contribution in [0.25, 0.3) is 0 Å². The Labute approximate surface area is 194 Å². The van der Waals surface area contributed by atoms with Crippen molar-refractivity contribution >= 4 is 17.5 Å². The Kier molecular flexibility index (Phi) is 7.16. The van der Waals surface area contributed by atoms with Crippen LogP contribution in [-0.4, -0.2) is 28.7 Å². The van der Waals surface area contributed by atoms with Crippen molar-refractivity contribution in [1.82, 2.24) is 9.88 Å². The quantitative estimate of drug-likeness (QED) is 0.576. The number of carbonyl (C=O) groups is 2. The van der Waals surface area contributed by atoms with E-state index in [0.29, 0.717) is 16.8 Å². The molecule has 172 valence electrons. The minimum absolute atomic E-state index is 0.173. The SMILES string of the molecule is Cc1ccc(C(C(=O)Nc2ccc(CC(C)(C)C)cc2)N(C)C(=O)c2ccc(=O)[nH]c2)cc1. The van der Waals surface area contributed by atoms with E-state index >= 15 is 0 Å². The molecule has 3 aromatic rings. The lowest BCUT2D eigenvalue weighted by atomic mass is 9.88. The average Bonchev–Trinajstić information content (AvgIpc) is 2.75. The number of amides is 2. The number of nitrogens with zero attached hydrogens (tertiary/aromatic N) is 1. The molecule has 33 heavy (non-hydrogen) atoms. The highest BCUT2D eigenvalue weighted by molar-refractivity contribution is 6.01. The van der Waals surface area contributed by atoms with Crippen molar-refractivity contribution in [3.63, 3.8) is 0 Å². The second-order valence-corrected chi connectivity index (χ2v) is 9.59. The van der Waals surface area contributed by atoms with Crippen LogP contribution in [0.3, 0.4) is 0 Å². The largest absolute Gasteiger partial charge is 0.328 e. The number of benzene rings is 2. The molecular formula is C27H31N3O3. The topological polar surface area (TPSA) is 82.3 Å². The number of pyridine rings is 1. The number of aromatic nitrogens is 1. The predicted octanol–water partition coefficient (Wildman–Crippen LogP) is 4.72. The van der Waals surface area contributed by atoms with Crippen LogP contribution in [0.2, 0.25) is 0 Å². The van der Waals surface area contributed by atoms with Crippen molar-refractivity contribution in [1.29, 1.82) is 0 Å². The van der Waals surface area contributed by atoms with E-state index < -0.39 is 6.04 Å². The lowest BCUT2D eigenvalue weighted by molar-refractivity contribution is -0.120. The van der Waals surface area contributed by atoms with Gasteiger partial charge in [0.15, 0.2) is 0 Å². The van der Waals surface area contributed by atoms with Crippen LogP contribution in [0, 0.1) is 12.3 Å². The molecule has 0 aliphatic heterocycles. The highest BCUT2D eigenvalue weighted by Gasteiger charge is 2.29. The second kappa shape index (κ2) is 9.86. The molecule has 0 aliphatic carbocycles. The minimum atomic E-state index is -0.848. The number of aryl methyl sites for hydroxylation is 1. The maximum Gasteiger partial charge on any atom is 0.256 e. The number of aromatic amines is 1. The van der Waals surface area contributed by atoms with Crippen molar-refractivity contribution in [2.24, 2.45) is 5.41 Å². The van der Waals surface area contributed by atoms with Gasteiger partial charge in [0, 0.05) is 25.0 Å². The summed E-state index contributed by atoms with van der Waals surface area (Å²) >= 11 is 0. The maximum atomic E-state index is 13.4. The first-order chi connectivity index (χ1) is 15.5. The van der Waals surface area contributed by atoms with Gasteiger partial charge in [0.1, 0.15) is 6.04 Å². The third-order valence-electron chi connectivity index (χ3n) is 5.34. The summed E-state index contributed by atoms with van der Waals surface area (Å²) in [6, 6.07) is 17.2. The fourth-order valence-corrected chi connectivity index (χ4v) is 3.69. The molecule has 0 bridgehead atoms. The number of hydrogen-bond donors (Lipinski definition) is 2. The number of carbonyl (C=O) groups excluding carboxylic acids is 2. The van der Waals surface area contributed by atoms with E-state index in [-0.39, 0.29) is 22.8 Å². The monoisotopic (exact) mass is 445 g/mol. The van der Waals surface area contributed by atoms with Crippen LogP contribution >= 0.6 is 0 Å². The molecule has 0 radical (unpaired) electrons. The summed E-state index contributed by atoms with van der Waals surface area (Å²) in [5.74, 6) is -0.685. The Bertz CT molecular complexity index is 1150. The van der Waals surface area contributed by atoms with Gasteiger partial charge in [0.05, 0.1) is 5.56 Å². The van der Waals surface area contributed by atoms with Crippen LogP contribution in [0.1, 0.15) is 53.9 Å². The highest BCUT2D eigenvalue weighted by atomic mass is 16.2. The molecule has 1 heterocycles. The normalized spacial score (nSPS) is 12.2. The van der Waals surface area contributed by atoms with E-state index in [4.69, 9.17) is 0 Å². The summed E-state index contributed by atoms with van der Waals surface area (Å²) in [4.78, 5) is 41.7. The summed E-state index contributed by atoms with van der Waals surface area (Å²) in [6.45, 7) is 8.52. The van der Waals surface area contributed by atoms with Crippen molar-refractivity contribution in [3.05, 3.63) is 99.5 Å². The number of anilines is 1. The molecule has 0 aliphatic rings. The predicted molar refractivity (Wildman–Crippen MR) is 131 cm³/mol. The molecule has 0 fully saturated rings. The lowest BCUT2D eigenvalue weighted by Crippen LogP contribution is -2.38. The molecule has 6 nitrogen and oxygen atoms in total. The number of likely N-dealkylation sites (N-methyl/N-ethyl adjacent to an activating group) is 1. The fourth-order valence-electron chi connectivity index (χ4n) is 3.69. The summed E-state index contributed by atoms with van der Waals surface area (Å²) in [5.41, 5.74) is 3.79. The molecule has 2 amide bonds.